The Kier molecular flexibility index (Phi) is 5.10. The van der Waals surface area contributed by atoms with E-state index in [0.29, 0.717) is 0 Å². The number of halogens is 3. The summed E-state index contributed by atoms with van der Waals surface area (Å²) < 4.78 is 41.7. The van der Waals surface area contributed by atoms with Gasteiger partial charge in [0.2, 0.25) is 0 Å². The highest BCUT2D eigenvalue weighted by Crippen LogP contribution is 2.30. The first-order chi connectivity index (χ1) is 7.32. The first-order valence-electron chi connectivity index (χ1n) is 4.13. The van der Waals surface area contributed by atoms with E-state index in [1.54, 1.807) is 6.07 Å². The Hall–Kier alpha value is -1.96. The van der Waals surface area contributed by atoms with Gasteiger partial charge in [-0.1, -0.05) is 25.8 Å². The van der Waals surface area contributed by atoms with Gasteiger partial charge in [-0.3, -0.25) is 0 Å². The molecule has 86 valence electrons. The van der Waals surface area contributed by atoms with Gasteiger partial charge >= 0.3 is 6.18 Å². The molecule has 0 unspecified atom stereocenters. The molecule has 0 aliphatic carbocycles. The molecule has 2 nitrogen and oxygen atoms in total. The van der Waals surface area contributed by atoms with Crippen molar-refractivity contribution in [3.63, 3.8) is 0 Å². The zero-order valence-electron chi connectivity index (χ0n) is 8.47. The number of allylic oxidation sites excluding steroid dienone is 3. The molecule has 0 bridgehead atoms. The van der Waals surface area contributed by atoms with Crippen LogP contribution >= 0.6 is 0 Å². The highest BCUT2D eigenvalue weighted by molar-refractivity contribution is 5.39. The fourth-order valence-corrected chi connectivity index (χ4v) is 0.695. The summed E-state index contributed by atoms with van der Waals surface area (Å²) in [6.07, 6.45) is -2.44. The van der Waals surface area contributed by atoms with Gasteiger partial charge in [0.1, 0.15) is 12.4 Å². The van der Waals surface area contributed by atoms with E-state index < -0.39 is 17.5 Å². The van der Waals surface area contributed by atoms with Crippen LogP contribution in [0.1, 0.15) is 0 Å². The third kappa shape index (κ3) is 4.51. The van der Waals surface area contributed by atoms with Crippen LogP contribution in [0.15, 0.2) is 48.8 Å². The lowest BCUT2D eigenvalue weighted by Crippen LogP contribution is -2.14. The number of nitrogens with zero attached hydrogens (tertiary/aromatic N) is 1. The summed E-state index contributed by atoms with van der Waals surface area (Å²) in [7, 11) is 0. The van der Waals surface area contributed by atoms with Crippen molar-refractivity contribution in [3.8, 4) is 6.07 Å². The highest BCUT2D eigenvalue weighted by atomic mass is 19.4. The van der Waals surface area contributed by atoms with Crippen LogP contribution in [-0.4, -0.2) is 12.8 Å². The van der Waals surface area contributed by atoms with Crippen LogP contribution in [-0.2, 0) is 4.74 Å². The van der Waals surface area contributed by atoms with Gasteiger partial charge < -0.3 is 4.74 Å². The van der Waals surface area contributed by atoms with Gasteiger partial charge in [0, 0.05) is 5.57 Å². The zero-order chi connectivity index (χ0) is 12.8. The monoisotopic (exact) mass is 229 g/mol. The van der Waals surface area contributed by atoms with Gasteiger partial charge in [0.25, 0.3) is 0 Å². The molecule has 0 aliphatic heterocycles. The van der Waals surface area contributed by atoms with Crippen LogP contribution in [0.3, 0.4) is 0 Å². The van der Waals surface area contributed by atoms with Crippen molar-refractivity contribution in [2.45, 2.75) is 6.18 Å². The van der Waals surface area contributed by atoms with E-state index in [1.165, 1.54) is 6.08 Å². The first-order valence-corrected chi connectivity index (χ1v) is 4.13. The standard InChI is InChI=1S/C11H10F3NO/c1-4-5-16-10(6-8(2)7-15)9(3)11(12,13)14/h4,6H,1-3,5H2/b10-6+. The van der Waals surface area contributed by atoms with Gasteiger partial charge in [0.05, 0.1) is 11.6 Å². The second-order valence-electron chi connectivity index (χ2n) is 2.72. The maximum Gasteiger partial charge on any atom is 0.419 e. The first kappa shape index (κ1) is 14.0. The van der Waals surface area contributed by atoms with Crippen molar-refractivity contribution in [1.82, 2.24) is 0 Å². The Morgan fingerprint density at radius 2 is 1.94 bits per heavy atom. The Morgan fingerprint density at radius 3 is 2.31 bits per heavy atom. The van der Waals surface area contributed by atoms with Gasteiger partial charge in [-0.05, 0) is 6.08 Å². The van der Waals surface area contributed by atoms with Crippen molar-refractivity contribution in [2.75, 3.05) is 6.61 Å². The molecular formula is C11H10F3NO. The summed E-state index contributed by atoms with van der Waals surface area (Å²) in [5.41, 5.74) is -1.31. The average molecular weight is 229 g/mol. The maximum atomic E-state index is 12.3. The highest BCUT2D eigenvalue weighted by Gasteiger charge is 2.35. The summed E-state index contributed by atoms with van der Waals surface area (Å²) in [5.74, 6) is -0.529. The van der Waals surface area contributed by atoms with Gasteiger partial charge in [0.15, 0.2) is 0 Å². The normalized spacial score (nSPS) is 11.5. The Balaban J connectivity index is 5.03. The largest absolute Gasteiger partial charge is 0.489 e. The second-order valence-corrected chi connectivity index (χ2v) is 2.72. The van der Waals surface area contributed by atoms with Crippen LogP contribution < -0.4 is 0 Å². The van der Waals surface area contributed by atoms with Crippen molar-refractivity contribution >= 4 is 0 Å². The lowest BCUT2D eigenvalue weighted by Gasteiger charge is -2.14. The molecule has 0 amide bonds. The number of nitriles is 1. The smallest absolute Gasteiger partial charge is 0.419 e. The van der Waals surface area contributed by atoms with Crippen LogP contribution in [0.4, 0.5) is 13.2 Å². The lowest BCUT2D eigenvalue weighted by molar-refractivity contribution is -0.0931. The second kappa shape index (κ2) is 5.81. The maximum absolute atomic E-state index is 12.3. The molecule has 5 heteroatoms. The minimum Gasteiger partial charge on any atom is -0.489 e. The van der Waals surface area contributed by atoms with Crippen LogP contribution in [0, 0.1) is 11.3 Å². The molecule has 16 heavy (non-hydrogen) atoms. The number of hydrogen-bond acceptors (Lipinski definition) is 2. The van der Waals surface area contributed by atoms with Crippen molar-refractivity contribution < 1.29 is 17.9 Å². The van der Waals surface area contributed by atoms with Crippen LogP contribution in [0.2, 0.25) is 0 Å². The Labute approximate surface area is 91.6 Å². The summed E-state index contributed by atoms with van der Waals surface area (Å²) in [6.45, 7) is 9.29. The lowest BCUT2D eigenvalue weighted by atomic mass is 10.2. The van der Waals surface area contributed by atoms with Crippen molar-refractivity contribution in [2.24, 2.45) is 0 Å². The Morgan fingerprint density at radius 1 is 1.38 bits per heavy atom. The van der Waals surface area contributed by atoms with E-state index in [2.05, 4.69) is 19.7 Å². The van der Waals surface area contributed by atoms with Gasteiger partial charge in [-0.25, -0.2) is 0 Å². The zero-order valence-corrected chi connectivity index (χ0v) is 8.47. The molecule has 0 radical (unpaired) electrons. The van der Waals surface area contributed by atoms with E-state index in [9.17, 15) is 13.2 Å². The summed E-state index contributed by atoms with van der Waals surface area (Å²) >= 11 is 0. The minimum absolute atomic E-state index is 0.111. The molecule has 0 saturated heterocycles. The molecule has 0 N–H and O–H groups in total. The SMILES string of the molecule is C=CCO/C(=C/C(=C)C#N)C(=C)C(F)(F)F. The predicted molar refractivity (Wildman–Crippen MR) is 54.2 cm³/mol. The van der Waals surface area contributed by atoms with E-state index in [1.807, 2.05) is 0 Å². The Bertz CT molecular complexity index is 372. The summed E-state index contributed by atoms with van der Waals surface area (Å²) in [5, 5.41) is 8.41. The predicted octanol–water partition coefficient (Wildman–Crippen LogP) is 3.27. The van der Waals surface area contributed by atoms with Crippen molar-refractivity contribution in [3.05, 3.63) is 48.8 Å². The molecule has 0 aromatic rings. The van der Waals surface area contributed by atoms with Gasteiger partial charge in [-0.2, -0.15) is 18.4 Å². The molecule has 0 heterocycles. The number of rotatable bonds is 5. The molecule has 0 fully saturated rings. The summed E-state index contributed by atoms with van der Waals surface area (Å²) in [6, 6.07) is 1.59. The summed E-state index contributed by atoms with van der Waals surface area (Å²) in [4.78, 5) is 0. The fraction of sp³-hybridized carbons (Fsp3) is 0.182. The van der Waals surface area contributed by atoms with Gasteiger partial charge in [-0.15, -0.1) is 0 Å². The number of alkyl halides is 3. The van der Waals surface area contributed by atoms with E-state index >= 15 is 0 Å². The quantitative estimate of drug-likeness (QED) is 0.313. The van der Waals surface area contributed by atoms with E-state index in [0.717, 1.165) is 6.08 Å². The third-order valence-corrected chi connectivity index (χ3v) is 1.45. The number of hydrogen-bond donors (Lipinski definition) is 0. The van der Waals surface area contributed by atoms with E-state index in [-0.39, 0.29) is 12.2 Å². The molecular weight excluding hydrogens is 219 g/mol. The third-order valence-electron chi connectivity index (χ3n) is 1.45. The number of ether oxygens (including phenoxy) is 1. The fourth-order valence-electron chi connectivity index (χ4n) is 0.695. The van der Waals surface area contributed by atoms with Crippen LogP contribution in [0.5, 0.6) is 0 Å². The average Bonchev–Trinajstić information content (AvgIpc) is 2.21. The molecule has 0 aromatic heterocycles. The molecule has 0 atom stereocenters. The van der Waals surface area contributed by atoms with E-state index in [4.69, 9.17) is 10.00 Å². The minimum atomic E-state index is -4.61. The molecule has 0 rings (SSSR count). The molecule has 0 spiro atoms. The topological polar surface area (TPSA) is 33.0 Å². The van der Waals surface area contributed by atoms with Crippen molar-refractivity contribution in [1.29, 1.82) is 5.26 Å². The molecule has 0 aliphatic rings. The molecule has 0 saturated carbocycles. The van der Waals surface area contributed by atoms with Crippen LogP contribution in [0.25, 0.3) is 0 Å². The molecule has 0 aromatic carbocycles.